The van der Waals surface area contributed by atoms with Gasteiger partial charge < -0.3 is 9.84 Å². The first-order chi connectivity index (χ1) is 9.15. The molecule has 2 nitrogen and oxygen atoms in total. The molecule has 2 atom stereocenters. The highest BCUT2D eigenvalue weighted by Gasteiger charge is 2.29. The minimum atomic E-state index is -0.551. The quantitative estimate of drug-likeness (QED) is 0.836. The van der Waals surface area contributed by atoms with E-state index in [2.05, 4.69) is 0 Å². The number of aliphatic hydroxyl groups excluding tert-OH is 1. The molecule has 4 heteroatoms. The highest BCUT2D eigenvalue weighted by Crippen LogP contribution is 2.42. The number of aliphatic hydroxyl groups is 1. The molecule has 0 spiro atoms. The lowest BCUT2D eigenvalue weighted by Crippen LogP contribution is -2.19. The van der Waals surface area contributed by atoms with E-state index in [9.17, 15) is 5.11 Å². The molecule has 2 aromatic rings. The summed E-state index contributed by atoms with van der Waals surface area (Å²) in [5, 5.41) is 11.4. The van der Waals surface area contributed by atoms with Crippen molar-refractivity contribution in [3.05, 3.63) is 63.6 Å². The molecule has 0 radical (unpaired) electrons. The van der Waals surface area contributed by atoms with Gasteiger partial charge in [-0.15, -0.1) is 0 Å². The second-order valence-electron chi connectivity index (χ2n) is 4.56. The number of benzene rings is 2. The van der Waals surface area contributed by atoms with E-state index in [1.165, 1.54) is 0 Å². The summed E-state index contributed by atoms with van der Waals surface area (Å²) in [7, 11) is 0. The molecular weight excluding hydrogens is 283 g/mol. The highest BCUT2D eigenvalue weighted by molar-refractivity contribution is 6.33. The first kappa shape index (κ1) is 12.8. The minimum absolute atomic E-state index is 0.281. The predicted octanol–water partition coefficient (Wildman–Crippen LogP) is 4.55. The van der Waals surface area contributed by atoms with Gasteiger partial charge in [0.25, 0.3) is 0 Å². The van der Waals surface area contributed by atoms with Crippen molar-refractivity contribution in [3.63, 3.8) is 0 Å². The molecule has 0 amide bonds. The summed E-state index contributed by atoms with van der Waals surface area (Å²) in [5.74, 6) is 0.697. The van der Waals surface area contributed by atoms with Crippen molar-refractivity contribution in [2.24, 2.45) is 0 Å². The fraction of sp³-hybridized carbons (Fsp3) is 0.200. The topological polar surface area (TPSA) is 29.5 Å². The number of fused-ring (bicyclic) bond motifs is 1. The van der Waals surface area contributed by atoms with Gasteiger partial charge in [0, 0.05) is 27.6 Å². The lowest BCUT2D eigenvalue weighted by atomic mass is 9.95. The van der Waals surface area contributed by atoms with Crippen LogP contribution in [0.1, 0.15) is 29.8 Å². The molecule has 2 aromatic carbocycles. The summed E-state index contributed by atoms with van der Waals surface area (Å²) in [6, 6.07) is 12.8. The lowest BCUT2D eigenvalue weighted by Gasteiger charge is -2.30. The largest absolute Gasteiger partial charge is 0.485 e. The minimum Gasteiger partial charge on any atom is -0.485 e. The third-order valence-electron chi connectivity index (χ3n) is 3.29. The Hall–Kier alpha value is -1.22. The molecule has 98 valence electrons. The molecule has 0 saturated carbocycles. The standard InChI is InChI=1S/C15H12Cl2O2/c16-9-5-6-12(17)11(7-9)15-8-13(18)10-3-1-2-4-14(10)19-15/h1-7,13,15,18H,8H2/t13-,15?/m0/s1. The van der Waals surface area contributed by atoms with Gasteiger partial charge in [0.05, 0.1) is 6.10 Å². The van der Waals surface area contributed by atoms with Crippen LogP contribution >= 0.6 is 23.2 Å². The Labute approximate surface area is 121 Å². The van der Waals surface area contributed by atoms with Crippen LogP contribution in [0.25, 0.3) is 0 Å². The zero-order chi connectivity index (χ0) is 13.4. The van der Waals surface area contributed by atoms with Gasteiger partial charge in [0.2, 0.25) is 0 Å². The molecule has 3 rings (SSSR count). The van der Waals surface area contributed by atoms with E-state index < -0.39 is 6.10 Å². The molecule has 0 bridgehead atoms. The Kier molecular flexibility index (Phi) is 3.40. The Morgan fingerprint density at radius 2 is 1.84 bits per heavy atom. The predicted molar refractivity (Wildman–Crippen MR) is 75.8 cm³/mol. The van der Waals surface area contributed by atoms with E-state index in [1.54, 1.807) is 18.2 Å². The fourth-order valence-corrected chi connectivity index (χ4v) is 2.77. The third-order valence-corrected chi connectivity index (χ3v) is 3.87. The maximum absolute atomic E-state index is 10.2. The maximum Gasteiger partial charge on any atom is 0.128 e. The summed E-state index contributed by atoms with van der Waals surface area (Å²) in [6.45, 7) is 0. The Balaban J connectivity index is 1.99. The van der Waals surface area contributed by atoms with Crippen molar-refractivity contribution in [2.75, 3.05) is 0 Å². The molecule has 1 unspecified atom stereocenters. The van der Waals surface area contributed by atoms with Crippen LogP contribution in [0, 0.1) is 0 Å². The smallest absolute Gasteiger partial charge is 0.128 e. The van der Waals surface area contributed by atoms with Crippen molar-refractivity contribution < 1.29 is 9.84 Å². The molecule has 0 saturated heterocycles. The molecule has 1 N–H and O–H groups in total. The van der Waals surface area contributed by atoms with Crippen LogP contribution in [-0.2, 0) is 0 Å². The van der Waals surface area contributed by atoms with Crippen LogP contribution in [0.5, 0.6) is 5.75 Å². The number of halogens is 2. The molecule has 1 aliphatic rings. The van der Waals surface area contributed by atoms with Crippen LogP contribution in [0.4, 0.5) is 0 Å². The normalized spacial score (nSPS) is 21.6. The van der Waals surface area contributed by atoms with Crippen LogP contribution in [0.15, 0.2) is 42.5 Å². The zero-order valence-electron chi connectivity index (χ0n) is 10.0. The van der Waals surface area contributed by atoms with Crippen molar-refractivity contribution in [2.45, 2.75) is 18.6 Å². The second kappa shape index (κ2) is 5.04. The number of hydrogen-bond donors (Lipinski definition) is 1. The van der Waals surface area contributed by atoms with Crippen molar-refractivity contribution in [1.82, 2.24) is 0 Å². The summed E-state index contributed by atoms with van der Waals surface area (Å²) in [5.41, 5.74) is 1.62. The van der Waals surface area contributed by atoms with Gasteiger partial charge in [-0.1, -0.05) is 41.4 Å². The van der Waals surface area contributed by atoms with Gasteiger partial charge in [-0.2, -0.15) is 0 Å². The van der Waals surface area contributed by atoms with Crippen molar-refractivity contribution >= 4 is 23.2 Å². The van der Waals surface area contributed by atoms with Crippen LogP contribution in [-0.4, -0.2) is 5.11 Å². The van der Waals surface area contributed by atoms with E-state index in [0.29, 0.717) is 22.2 Å². The van der Waals surface area contributed by atoms with Crippen LogP contribution in [0.2, 0.25) is 10.0 Å². The van der Waals surface area contributed by atoms with Crippen molar-refractivity contribution in [3.8, 4) is 5.75 Å². The lowest BCUT2D eigenvalue weighted by molar-refractivity contribution is 0.0658. The van der Waals surface area contributed by atoms with Gasteiger partial charge in [-0.3, -0.25) is 0 Å². The summed E-state index contributed by atoms with van der Waals surface area (Å²) in [4.78, 5) is 0. The third kappa shape index (κ3) is 2.44. The molecule has 0 fully saturated rings. The van der Waals surface area contributed by atoms with Gasteiger partial charge in [-0.25, -0.2) is 0 Å². The molecule has 19 heavy (non-hydrogen) atoms. The highest BCUT2D eigenvalue weighted by atomic mass is 35.5. The van der Waals surface area contributed by atoms with E-state index in [-0.39, 0.29) is 6.10 Å². The Morgan fingerprint density at radius 3 is 2.68 bits per heavy atom. The van der Waals surface area contributed by atoms with Crippen LogP contribution in [0.3, 0.4) is 0 Å². The first-order valence-corrected chi connectivity index (χ1v) is 6.79. The monoisotopic (exact) mass is 294 g/mol. The summed E-state index contributed by atoms with van der Waals surface area (Å²) < 4.78 is 5.92. The SMILES string of the molecule is O[C@H]1CC(c2cc(Cl)ccc2Cl)Oc2ccccc21. The molecule has 1 heterocycles. The zero-order valence-corrected chi connectivity index (χ0v) is 11.5. The number of ether oxygens (including phenoxy) is 1. The van der Waals surface area contributed by atoms with Gasteiger partial charge >= 0.3 is 0 Å². The Morgan fingerprint density at radius 1 is 1.05 bits per heavy atom. The van der Waals surface area contributed by atoms with Gasteiger partial charge in [0.1, 0.15) is 11.9 Å². The molecule has 0 aliphatic carbocycles. The maximum atomic E-state index is 10.2. The van der Waals surface area contributed by atoms with Crippen LogP contribution < -0.4 is 4.74 Å². The summed E-state index contributed by atoms with van der Waals surface area (Å²) >= 11 is 12.2. The Bertz CT molecular complexity index is 613. The first-order valence-electron chi connectivity index (χ1n) is 6.04. The van der Waals surface area contributed by atoms with Gasteiger partial charge in [0.15, 0.2) is 0 Å². The van der Waals surface area contributed by atoms with E-state index >= 15 is 0 Å². The average molecular weight is 295 g/mol. The second-order valence-corrected chi connectivity index (χ2v) is 5.41. The molecule has 1 aliphatic heterocycles. The molecular formula is C15H12Cl2O2. The van der Waals surface area contributed by atoms with Crippen molar-refractivity contribution in [1.29, 1.82) is 0 Å². The number of para-hydroxylation sites is 1. The van der Waals surface area contributed by atoms with Gasteiger partial charge in [-0.05, 0) is 24.3 Å². The fourth-order valence-electron chi connectivity index (χ4n) is 2.35. The van der Waals surface area contributed by atoms with E-state index in [1.807, 2.05) is 24.3 Å². The van der Waals surface area contributed by atoms with E-state index in [0.717, 1.165) is 11.1 Å². The number of hydrogen-bond acceptors (Lipinski definition) is 2. The average Bonchev–Trinajstić information content (AvgIpc) is 2.41. The van der Waals surface area contributed by atoms with E-state index in [4.69, 9.17) is 27.9 Å². The number of rotatable bonds is 1. The molecule has 0 aromatic heterocycles. The summed E-state index contributed by atoms with van der Waals surface area (Å²) in [6.07, 6.45) is -0.363.